The van der Waals surface area contributed by atoms with E-state index in [1.54, 1.807) is 0 Å². The molecule has 0 saturated heterocycles. The van der Waals surface area contributed by atoms with Crippen LogP contribution >= 0.6 is 0 Å². The summed E-state index contributed by atoms with van der Waals surface area (Å²) in [4.78, 5) is 4.63. The first-order valence-corrected chi connectivity index (χ1v) is 5.63. The van der Waals surface area contributed by atoms with Gasteiger partial charge in [0.25, 0.3) is 0 Å². The quantitative estimate of drug-likeness (QED) is 0.588. The van der Waals surface area contributed by atoms with E-state index >= 15 is 0 Å². The van der Waals surface area contributed by atoms with Crippen LogP contribution in [0.15, 0.2) is 0 Å². The number of hydrogen-bond donors (Lipinski definition) is 1. The van der Waals surface area contributed by atoms with Crippen molar-refractivity contribution in [2.45, 2.75) is 26.3 Å². The lowest BCUT2D eigenvalue weighted by molar-refractivity contribution is 0.224. The zero-order valence-electron chi connectivity index (χ0n) is 10.5. The van der Waals surface area contributed by atoms with Crippen molar-refractivity contribution in [2.75, 3.05) is 47.3 Å². The average Bonchev–Trinajstić information content (AvgIpc) is 2.14. The Kier molecular flexibility index (Phi) is 8.14. The zero-order valence-corrected chi connectivity index (χ0v) is 10.5. The molecule has 1 N–H and O–H groups in total. The predicted molar refractivity (Wildman–Crippen MR) is 63.8 cm³/mol. The summed E-state index contributed by atoms with van der Waals surface area (Å²) in [7, 11) is 6.43. The first kappa shape index (κ1) is 13.9. The minimum atomic E-state index is 0.626. The minimum Gasteiger partial charge on any atom is -0.315 e. The summed E-state index contributed by atoms with van der Waals surface area (Å²) >= 11 is 0. The monoisotopic (exact) mass is 201 g/mol. The molecular weight excluding hydrogens is 174 g/mol. The highest BCUT2D eigenvalue weighted by atomic mass is 15.2. The molecule has 3 nitrogen and oxygen atoms in total. The van der Waals surface area contributed by atoms with Crippen LogP contribution in [0.1, 0.15) is 20.3 Å². The van der Waals surface area contributed by atoms with Crippen molar-refractivity contribution >= 4 is 0 Å². The van der Waals surface area contributed by atoms with Gasteiger partial charge in [0.2, 0.25) is 0 Å². The van der Waals surface area contributed by atoms with E-state index in [1.165, 1.54) is 6.42 Å². The molecule has 86 valence electrons. The Bertz CT molecular complexity index is 126. The Morgan fingerprint density at radius 3 is 2.29 bits per heavy atom. The van der Waals surface area contributed by atoms with Crippen LogP contribution in [-0.2, 0) is 0 Å². The Labute approximate surface area is 89.5 Å². The van der Waals surface area contributed by atoms with Gasteiger partial charge in [-0.3, -0.25) is 0 Å². The molecular formula is C11H27N3. The fraction of sp³-hybridized carbons (Fsp3) is 1.00. The molecule has 0 amide bonds. The molecule has 0 aromatic rings. The third-order valence-corrected chi connectivity index (χ3v) is 2.52. The van der Waals surface area contributed by atoms with Crippen molar-refractivity contribution in [3.63, 3.8) is 0 Å². The van der Waals surface area contributed by atoms with Gasteiger partial charge in [-0.1, -0.05) is 6.92 Å². The fourth-order valence-corrected chi connectivity index (χ4v) is 1.22. The maximum atomic E-state index is 3.45. The van der Waals surface area contributed by atoms with Crippen LogP contribution in [0.25, 0.3) is 0 Å². The van der Waals surface area contributed by atoms with Gasteiger partial charge in [0.1, 0.15) is 0 Å². The van der Waals surface area contributed by atoms with Crippen LogP contribution in [0, 0.1) is 0 Å². The highest BCUT2D eigenvalue weighted by Gasteiger charge is 2.07. The summed E-state index contributed by atoms with van der Waals surface area (Å²) in [5, 5.41) is 3.45. The molecule has 0 aliphatic carbocycles. The number of hydrogen-bond acceptors (Lipinski definition) is 3. The summed E-state index contributed by atoms with van der Waals surface area (Å²) < 4.78 is 0. The number of nitrogens with zero attached hydrogens (tertiary/aromatic N) is 2. The molecule has 14 heavy (non-hydrogen) atoms. The second kappa shape index (κ2) is 8.21. The Balaban J connectivity index is 3.49. The van der Waals surface area contributed by atoms with Gasteiger partial charge in [0.05, 0.1) is 0 Å². The molecule has 0 spiro atoms. The van der Waals surface area contributed by atoms with E-state index in [0.29, 0.717) is 6.04 Å². The van der Waals surface area contributed by atoms with Gasteiger partial charge in [-0.25, -0.2) is 0 Å². The standard InChI is InChI=1S/C11H27N3/c1-6-7-12-10-11(2)14(5)9-8-13(3)4/h11-12H,6-10H2,1-5H3. The summed E-state index contributed by atoms with van der Waals surface area (Å²) in [5.41, 5.74) is 0. The van der Waals surface area contributed by atoms with E-state index in [1.807, 2.05) is 0 Å². The molecule has 1 atom stereocenters. The van der Waals surface area contributed by atoms with Crippen LogP contribution in [0.4, 0.5) is 0 Å². The summed E-state index contributed by atoms with van der Waals surface area (Å²) in [6.45, 7) is 8.98. The van der Waals surface area contributed by atoms with Crippen molar-refractivity contribution < 1.29 is 0 Å². The van der Waals surface area contributed by atoms with E-state index in [4.69, 9.17) is 0 Å². The van der Waals surface area contributed by atoms with Gasteiger partial charge in [0.15, 0.2) is 0 Å². The largest absolute Gasteiger partial charge is 0.315 e. The van der Waals surface area contributed by atoms with E-state index in [9.17, 15) is 0 Å². The normalized spacial score (nSPS) is 13.9. The van der Waals surface area contributed by atoms with Crippen LogP contribution in [-0.4, -0.2) is 63.2 Å². The van der Waals surface area contributed by atoms with E-state index in [2.05, 4.69) is 50.1 Å². The van der Waals surface area contributed by atoms with Crippen molar-refractivity contribution in [3.8, 4) is 0 Å². The number of rotatable bonds is 8. The Morgan fingerprint density at radius 2 is 1.79 bits per heavy atom. The first-order valence-electron chi connectivity index (χ1n) is 5.63. The molecule has 0 fully saturated rings. The maximum absolute atomic E-state index is 3.45. The van der Waals surface area contributed by atoms with Gasteiger partial charge in [0, 0.05) is 25.7 Å². The number of nitrogens with one attached hydrogen (secondary N) is 1. The van der Waals surface area contributed by atoms with E-state index in [-0.39, 0.29) is 0 Å². The SMILES string of the molecule is CCCNCC(C)N(C)CCN(C)C. The minimum absolute atomic E-state index is 0.626. The molecule has 0 heterocycles. The van der Waals surface area contributed by atoms with Crippen molar-refractivity contribution in [1.82, 2.24) is 15.1 Å². The Hall–Kier alpha value is -0.120. The highest BCUT2D eigenvalue weighted by Crippen LogP contribution is 1.93. The van der Waals surface area contributed by atoms with Gasteiger partial charge in [-0.05, 0) is 41.0 Å². The molecule has 0 saturated carbocycles. The average molecular weight is 201 g/mol. The lowest BCUT2D eigenvalue weighted by Gasteiger charge is -2.26. The van der Waals surface area contributed by atoms with Crippen LogP contribution in [0.5, 0.6) is 0 Å². The van der Waals surface area contributed by atoms with Crippen LogP contribution in [0.2, 0.25) is 0 Å². The van der Waals surface area contributed by atoms with E-state index < -0.39 is 0 Å². The molecule has 0 aromatic heterocycles. The molecule has 0 bridgehead atoms. The number of likely N-dealkylation sites (N-methyl/N-ethyl adjacent to an activating group) is 2. The van der Waals surface area contributed by atoms with Gasteiger partial charge in [-0.2, -0.15) is 0 Å². The maximum Gasteiger partial charge on any atom is 0.0189 e. The third kappa shape index (κ3) is 7.30. The van der Waals surface area contributed by atoms with Gasteiger partial charge >= 0.3 is 0 Å². The smallest absolute Gasteiger partial charge is 0.0189 e. The molecule has 0 aromatic carbocycles. The van der Waals surface area contributed by atoms with Gasteiger partial charge < -0.3 is 15.1 Å². The molecule has 0 aliphatic heterocycles. The third-order valence-electron chi connectivity index (χ3n) is 2.52. The van der Waals surface area contributed by atoms with Crippen molar-refractivity contribution in [2.24, 2.45) is 0 Å². The Morgan fingerprint density at radius 1 is 1.14 bits per heavy atom. The lowest BCUT2D eigenvalue weighted by atomic mass is 10.3. The topological polar surface area (TPSA) is 18.5 Å². The lowest BCUT2D eigenvalue weighted by Crippen LogP contribution is -2.41. The van der Waals surface area contributed by atoms with Crippen LogP contribution < -0.4 is 5.32 Å². The van der Waals surface area contributed by atoms with E-state index in [0.717, 1.165) is 26.2 Å². The second-order valence-corrected chi connectivity index (χ2v) is 4.34. The van der Waals surface area contributed by atoms with Crippen LogP contribution in [0.3, 0.4) is 0 Å². The molecule has 0 rings (SSSR count). The summed E-state index contributed by atoms with van der Waals surface area (Å²) in [6.07, 6.45) is 1.22. The summed E-state index contributed by atoms with van der Waals surface area (Å²) in [6, 6.07) is 0.626. The molecule has 3 heteroatoms. The van der Waals surface area contributed by atoms with Crippen molar-refractivity contribution in [1.29, 1.82) is 0 Å². The molecule has 0 aliphatic rings. The first-order chi connectivity index (χ1) is 6.57. The molecule has 1 unspecified atom stereocenters. The highest BCUT2D eigenvalue weighted by molar-refractivity contribution is 4.66. The predicted octanol–water partition coefficient (Wildman–Crippen LogP) is 0.868. The fourth-order valence-electron chi connectivity index (χ4n) is 1.22. The second-order valence-electron chi connectivity index (χ2n) is 4.34. The van der Waals surface area contributed by atoms with Crippen molar-refractivity contribution in [3.05, 3.63) is 0 Å². The zero-order chi connectivity index (χ0) is 11.0. The summed E-state index contributed by atoms with van der Waals surface area (Å²) in [5.74, 6) is 0. The molecule has 0 radical (unpaired) electrons. The van der Waals surface area contributed by atoms with Gasteiger partial charge in [-0.15, -0.1) is 0 Å².